The lowest BCUT2D eigenvalue weighted by atomic mass is 9.99. The first-order valence-corrected chi connectivity index (χ1v) is 17.3. The number of unbranched alkanes of at least 4 members (excludes halogenated alkanes) is 23. The summed E-state index contributed by atoms with van der Waals surface area (Å²) in [5.74, 6) is -0.145. The van der Waals surface area contributed by atoms with E-state index in [4.69, 9.17) is 0 Å². The van der Waals surface area contributed by atoms with Crippen molar-refractivity contribution >= 4 is 5.91 Å². The fourth-order valence-corrected chi connectivity index (χ4v) is 5.45. The van der Waals surface area contributed by atoms with Gasteiger partial charge in [0.1, 0.15) is 6.10 Å². The van der Waals surface area contributed by atoms with Crippen LogP contribution in [0.1, 0.15) is 187 Å². The van der Waals surface area contributed by atoms with E-state index in [9.17, 15) is 20.1 Å². The van der Waals surface area contributed by atoms with Crippen LogP contribution in [0, 0.1) is 0 Å². The lowest BCUT2D eigenvalue weighted by Crippen LogP contribution is -2.50. The molecule has 39 heavy (non-hydrogen) atoms. The van der Waals surface area contributed by atoms with E-state index >= 15 is 0 Å². The number of aliphatic hydroxyl groups excluding tert-OH is 3. The highest BCUT2D eigenvalue weighted by Gasteiger charge is 2.26. The summed E-state index contributed by atoms with van der Waals surface area (Å²) in [6.45, 7) is 4.14. The number of nitrogens with one attached hydrogen (secondary N) is 1. The third kappa shape index (κ3) is 26.0. The number of carbonyl (C=O) groups is 1. The van der Waals surface area contributed by atoms with Crippen molar-refractivity contribution in [3.8, 4) is 0 Å². The normalized spacial score (nSPS) is 13.9. The molecule has 0 radical (unpaired) electrons. The van der Waals surface area contributed by atoms with Crippen LogP contribution in [-0.4, -0.2) is 46.1 Å². The van der Waals surface area contributed by atoms with Crippen LogP contribution in [0.3, 0.4) is 0 Å². The summed E-state index contributed by atoms with van der Waals surface area (Å²) < 4.78 is 0. The molecule has 0 aromatic rings. The first kappa shape index (κ1) is 38.4. The minimum atomic E-state index is -1.13. The smallest absolute Gasteiger partial charge is 0.220 e. The van der Waals surface area contributed by atoms with Gasteiger partial charge < -0.3 is 20.6 Å². The quantitative estimate of drug-likeness (QED) is 0.0644. The molecule has 3 unspecified atom stereocenters. The van der Waals surface area contributed by atoms with Crippen LogP contribution in [0.2, 0.25) is 0 Å². The van der Waals surface area contributed by atoms with Crippen LogP contribution in [0.25, 0.3) is 0 Å². The van der Waals surface area contributed by atoms with E-state index in [0.717, 1.165) is 38.5 Å². The second-order valence-corrected chi connectivity index (χ2v) is 12.1. The molecule has 5 heteroatoms. The molecule has 0 aliphatic heterocycles. The average Bonchev–Trinajstić information content (AvgIpc) is 2.94. The van der Waals surface area contributed by atoms with Crippen molar-refractivity contribution in [1.29, 1.82) is 0 Å². The van der Waals surface area contributed by atoms with Crippen molar-refractivity contribution in [3.05, 3.63) is 0 Å². The second-order valence-electron chi connectivity index (χ2n) is 12.1. The molecule has 0 saturated heterocycles. The molecule has 1 amide bonds. The van der Waals surface area contributed by atoms with Crippen molar-refractivity contribution in [2.75, 3.05) is 6.61 Å². The standard InChI is InChI=1S/C34H69NO4/c1-3-5-7-9-11-13-14-15-16-17-18-19-21-23-25-27-29-33(38)35-31(30-36)34(39)32(37)28-26-24-22-20-12-10-8-6-4-2/h31-32,34,36-37,39H,3-30H2,1-2H3,(H,35,38). The summed E-state index contributed by atoms with van der Waals surface area (Å²) in [6.07, 6.45) is 30.5. The molecule has 0 fully saturated rings. The predicted octanol–water partition coefficient (Wildman–Crippen LogP) is 8.76. The fraction of sp³-hybridized carbons (Fsp3) is 0.971. The van der Waals surface area contributed by atoms with Crippen LogP contribution in [-0.2, 0) is 4.79 Å². The maximum Gasteiger partial charge on any atom is 0.220 e. The van der Waals surface area contributed by atoms with Crippen LogP contribution in [0.5, 0.6) is 0 Å². The molecular weight excluding hydrogens is 486 g/mol. The Morgan fingerprint density at radius 2 is 0.872 bits per heavy atom. The number of carbonyl (C=O) groups excluding carboxylic acids is 1. The van der Waals surface area contributed by atoms with E-state index in [1.807, 2.05) is 0 Å². The van der Waals surface area contributed by atoms with Crippen molar-refractivity contribution in [1.82, 2.24) is 5.32 Å². The van der Waals surface area contributed by atoms with Crippen molar-refractivity contribution in [3.63, 3.8) is 0 Å². The molecule has 0 aromatic heterocycles. The number of amides is 1. The Morgan fingerprint density at radius 1 is 0.538 bits per heavy atom. The predicted molar refractivity (Wildman–Crippen MR) is 167 cm³/mol. The van der Waals surface area contributed by atoms with Crippen molar-refractivity contribution in [2.45, 2.75) is 205 Å². The minimum Gasteiger partial charge on any atom is -0.394 e. The molecule has 0 aliphatic carbocycles. The maximum absolute atomic E-state index is 12.3. The van der Waals surface area contributed by atoms with Gasteiger partial charge in [0.05, 0.1) is 18.8 Å². The fourth-order valence-electron chi connectivity index (χ4n) is 5.45. The average molecular weight is 556 g/mol. The SMILES string of the molecule is CCCCCCCCCCCCCCCCCCC(=O)NC(CO)C(O)C(O)CCCCCCCCCCC. The molecule has 0 bridgehead atoms. The Balaban J connectivity index is 3.65. The Hall–Kier alpha value is -0.650. The highest BCUT2D eigenvalue weighted by Crippen LogP contribution is 2.15. The summed E-state index contributed by atoms with van der Waals surface area (Å²) in [7, 11) is 0. The molecule has 0 heterocycles. The van der Waals surface area contributed by atoms with Gasteiger partial charge in [-0.2, -0.15) is 0 Å². The molecule has 0 rings (SSSR count). The third-order valence-electron chi connectivity index (χ3n) is 8.21. The highest BCUT2D eigenvalue weighted by molar-refractivity contribution is 5.76. The first-order valence-electron chi connectivity index (χ1n) is 17.3. The van der Waals surface area contributed by atoms with Crippen LogP contribution >= 0.6 is 0 Å². The molecule has 0 aliphatic rings. The minimum absolute atomic E-state index is 0.145. The summed E-state index contributed by atoms with van der Waals surface area (Å²) in [5, 5.41) is 33.2. The molecule has 5 nitrogen and oxygen atoms in total. The molecule has 0 aromatic carbocycles. The summed E-state index contributed by atoms with van der Waals surface area (Å²) in [4.78, 5) is 12.3. The molecule has 0 spiro atoms. The van der Waals surface area contributed by atoms with Gasteiger partial charge in [0.2, 0.25) is 5.91 Å². The molecule has 234 valence electrons. The summed E-state index contributed by atoms with van der Waals surface area (Å²) in [6, 6.07) is -0.799. The van der Waals surface area contributed by atoms with E-state index < -0.39 is 18.2 Å². The summed E-state index contributed by atoms with van der Waals surface area (Å²) in [5.41, 5.74) is 0. The molecule has 4 N–H and O–H groups in total. The lowest BCUT2D eigenvalue weighted by molar-refractivity contribution is -0.124. The number of hydrogen-bond acceptors (Lipinski definition) is 4. The Bertz CT molecular complexity index is 502. The number of rotatable bonds is 31. The van der Waals surface area contributed by atoms with Gasteiger partial charge in [-0.3, -0.25) is 4.79 Å². The second kappa shape index (κ2) is 30.3. The van der Waals surface area contributed by atoms with Gasteiger partial charge in [-0.15, -0.1) is 0 Å². The van der Waals surface area contributed by atoms with Crippen molar-refractivity contribution < 1.29 is 20.1 Å². The Morgan fingerprint density at radius 3 is 1.23 bits per heavy atom. The van der Waals surface area contributed by atoms with E-state index in [-0.39, 0.29) is 12.5 Å². The molecular formula is C34H69NO4. The third-order valence-corrected chi connectivity index (χ3v) is 8.21. The first-order chi connectivity index (χ1) is 19.1. The van der Waals surface area contributed by atoms with Gasteiger partial charge in [0, 0.05) is 6.42 Å². The molecule has 3 atom stereocenters. The Kier molecular flexibility index (Phi) is 29.8. The van der Waals surface area contributed by atoms with Gasteiger partial charge in [0.15, 0.2) is 0 Å². The monoisotopic (exact) mass is 556 g/mol. The Labute approximate surface area is 243 Å². The van der Waals surface area contributed by atoms with E-state index in [2.05, 4.69) is 19.2 Å². The van der Waals surface area contributed by atoms with Gasteiger partial charge in [0.25, 0.3) is 0 Å². The van der Waals surface area contributed by atoms with E-state index in [1.54, 1.807) is 0 Å². The zero-order valence-electron chi connectivity index (χ0n) is 26.3. The summed E-state index contributed by atoms with van der Waals surface area (Å²) >= 11 is 0. The van der Waals surface area contributed by atoms with Gasteiger partial charge in [-0.1, -0.05) is 168 Å². The maximum atomic E-state index is 12.3. The zero-order valence-corrected chi connectivity index (χ0v) is 26.3. The largest absolute Gasteiger partial charge is 0.394 e. The van der Waals surface area contributed by atoms with Crippen LogP contribution < -0.4 is 5.32 Å². The van der Waals surface area contributed by atoms with Gasteiger partial charge >= 0.3 is 0 Å². The van der Waals surface area contributed by atoms with Gasteiger partial charge in [-0.25, -0.2) is 0 Å². The number of aliphatic hydroxyl groups is 3. The molecule has 0 saturated carbocycles. The van der Waals surface area contributed by atoms with Crippen LogP contribution in [0.4, 0.5) is 0 Å². The highest BCUT2D eigenvalue weighted by atomic mass is 16.3. The van der Waals surface area contributed by atoms with E-state index in [1.165, 1.54) is 122 Å². The lowest BCUT2D eigenvalue weighted by Gasteiger charge is -2.26. The van der Waals surface area contributed by atoms with Crippen LogP contribution in [0.15, 0.2) is 0 Å². The topological polar surface area (TPSA) is 89.8 Å². The van der Waals surface area contributed by atoms with Gasteiger partial charge in [-0.05, 0) is 12.8 Å². The van der Waals surface area contributed by atoms with Crippen molar-refractivity contribution in [2.24, 2.45) is 0 Å². The van der Waals surface area contributed by atoms with E-state index in [0.29, 0.717) is 12.8 Å². The zero-order chi connectivity index (χ0) is 28.8. The number of hydrogen-bond donors (Lipinski definition) is 4.